The summed E-state index contributed by atoms with van der Waals surface area (Å²) < 4.78 is 0. The molecule has 3 nitrogen and oxygen atoms in total. The van der Waals surface area contributed by atoms with Gasteiger partial charge in [0.05, 0.1) is 5.57 Å². The molecule has 0 radical (unpaired) electrons. The molecule has 3 heteroatoms. The van der Waals surface area contributed by atoms with Crippen molar-refractivity contribution in [2.75, 3.05) is 0 Å². The predicted molar refractivity (Wildman–Crippen MR) is 84.8 cm³/mol. The van der Waals surface area contributed by atoms with Crippen molar-refractivity contribution in [3.63, 3.8) is 0 Å². The van der Waals surface area contributed by atoms with Gasteiger partial charge in [0.25, 0.3) is 0 Å². The summed E-state index contributed by atoms with van der Waals surface area (Å²) in [5.74, 6) is -0.940. The molecule has 1 unspecified atom stereocenters. The van der Waals surface area contributed by atoms with E-state index in [2.05, 4.69) is 0 Å². The Morgan fingerprint density at radius 3 is 2.05 bits per heavy atom. The minimum absolute atomic E-state index is 0.300. The molecule has 0 aromatic heterocycles. The molecular formula is C18H19NO2. The number of carboxylic acids is 1. The van der Waals surface area contributed by atoms with Gasteiger partial charge in [-0.25, -0.2) is 4.79 Å². The van der Waals surface area contributed by atoms with Gasteiger partial charge in [-0.3, -0.25) is 0 Å². The first-order valence-electron chi connectivity index (χ1n) is 6.91. The second kappa shape index (κ2) is 6.86. The molecule has 1 atom stereocenters. The van der Waals surface area contributed by atoms with Crippen molar-refractivity contribution in [2.45, 2.75) is 19.4 Å². The molecule has 0 heterocycles. The number of hydrogen-bond acceptors (Lipinski definition) is 2. The number of carboxylic acid groups (broad SMARTS) is 1. The average Bonchev–Trinajstić information content (AvgIpc) is 2.48. The summed E-state index contributed by atoms with van der Waals surface area (Å²) in [5, 5.41) is 9.61. The van der Waals surface area contributed by atoms with Crippen LogP contribution in [-0.2, 0) is 11.2 Å². The van der Waals surface area contributed by atoms with Gasteiger partial charge in [0.1, 0.15) is 0 Å². The number of hydrogen-bond donors (Lipinski definition) is 2. The zero-order chi connectivity index (χ0) is 15.2. The molecule has 21 heavy (non-hydrogen) atoms. The first-order valence-corrected chi connectivity index (χ1v) is 6.91. The number of rotatable bonds is 5. The molecule has 0 amide bonds. The lowest BCUT2D eigenvalue weighted by atomic mass is 9.91. The van der Waals surface area contributed by atoms with Crippen molar-refractivity contribution in [3.8, 4) is 0 Å². The lowest BCUT2D eigenvalue weighted by Gasteiger charge is -2.16. The Bertz CT molecular complexity index is 631. The molecule has 0 aliphatic rings. The van der Waals surface area contributed by atoms with E-state index in [0.717, 1.165) is 11.1 Å². The first kappa shape index (κ1) is 15.0. The van der Waals surface area contributed by atoms with Crippen LogP contribution in [0.15, 0.2) is 66.2 Å². The van der Waals surface area contributed by atoms with Crippen molar-refractivity contribution in [3.05, 3.63) is 77.4 Å². The third-order valence-electron chi connectivity index (χ3n) is 3.38. The van der Waals surface area contributed by atoms with Crippen molar-refractivity contribution in [1.82, 2.24) is 0 Å². The monoisotopic (exact) mass is 281 g/mol. The quantitative estimate of drug-likeness (QED) is 0.828. The maximum Gasteiger partial charge on any atom is 0.336 e. The van der Waals surface area contributed by atoms with Crippen LogP contribution >= 0.6 is 0 Å². The van der Waals surface area contributed by atoms with Gasteiger partial charge < -0.3 is 10.8 Å². The average molecular weight is 281 g/mol. The van der Waals surface area contributed by atoms with E-state index in [0.29, 0.717) is 17.6 Å². The Hall–Kier alpha value is -2.39. The Labute approximate surface area is 124 Å². The van der Waals surface area contributed by atoms with Gasteiger partial charge in [0.2, 0.25) is 0 Å². The molecule has 0 aliphatic heterocycles. The summed E-state index contributed by atoms with van der Waals surface area (Å²) in [6, 6.07) is 18.6. The van der Waals surface area contributed by atoms with Crippen LogP contribution in [0, 0.1) is 0 Å². The number of aliphatic carboxylic acids is 1. The van der Waals surface area contributed by atoms with E-state index < -0.39 is 5.97 Å². The molecule has 0 saturated heterocycles. The highest BCUT2D eigenvalue weighted by Crippen LogP contribution is 2.24. The molecular weight excluding hydrogens is 262 g/mol. The lowest BCUT2D eigenvalue weighted by molar-refractivity contribution is -0.130. The maximum absolute atomic E-state index is 11.7. The smallest absolute Gasteiger partial charge is 0.336 e. The van der Waals surface area contributed by atoms with Crippen LogP contribution in [0.5, 0.6) is 0 Å². The number of benzene rings is 2. The lowest BCUT2D eigenvalue weighted by Crippen LogP contribution is -2.23. The Kier molecular flexibility index (Phi) is 4.90. The molecule has 0 spiro atoms. The van der Waals surface area contributed by atoms with Gasteiger partial charge in [0.15, 0.2) is 0 Å². The van der Waals surface area contributed by atoms with Crippen LogP contribution in [-0.4, -0.2) is 17.1 Å². The molecule has 3 N–H and O–H groups in total. The van der Waals surface area contributed by atoms with Crippen LogP contribution in [0.4, 0.5) is 0 Å². The molecule has 2 rings (SSSR count). The molecule has 0 saturated carbocycles. The van der Waals surface area contributed by atoms with Crippen molar-refractivity contribution in [1.29, 1.82) is 0 Å². The highest BCUT2D eigenvalue weighted by Gasteiger charge is 2.19. The van der Waals surface area contributed by atoms with Gasteiger partial charge in [-0.15, -0.1) is 0 Å². The summed E-state index contributed by atoms with van der Waals surface area (Å²) in [7, 11) is 0. The highest BCUT2D eigenvalue weighted by atomic mass is 16.4. The van der Waals surface area contributed by atoms with Crippen LogP contribution in [0.1, 0.15) is 18.1 Å². The SMILES string of the molecule is CC(N)/C(Cc1ccccc1)=C(\C(=O)O)c1ccccc1. The first-order chi connectivity index (χ1) is 10.1. The fourth-order valence-corrected chi connectivity index (χ4v) is 2.34. The third-order valence-corrected chi connectivity index (χ3v) is 3.38. The van der Waals surface area contributed by atoms with Crippen molar-refractivity contribution < 1.29 is 9.90 Å². The van der Waals surface area contributed by atoms with E-state index in [1.54, 1.807) is 12.1 Å². The minimum atomic E-state index is -0.940. The Morgan fingerprint density at radius 2 is 1.57 bits per heavy atom. The number of nitrogens with two attached hydrogens (primary N) is 1. The molecule has 2 aromatic carbocycles. The van der Waals surface area contributed by atoms with Crippen molar-refractivity contribution in [2.24, 2.45) is 5.73 Å². The van der Waals surface area contributed by atoms with Crippen LogP contribution < -0.4 is 5.73 Å². The van der Waals surface area contributed by atoms with E-state index in [-0.39, 0.29) is 6.04 Å². The van der Waals surface area contributed by atoms with E-state index in [4.69, 9.17) is 5.73 Å². The van der Waals surface area contributed by atoms with Crippen LogP contribution in [0.25, 0.3) is 5.57 Å². The zero-order valence-corrected chi connectivity index (χ0v) is 12.0. The van der Waals surface area contributed by atoms with Gasteiger partial charge in [-0.05, 0) is 30.0 Å². The zero-order valence-electron chi connectivity index (χ0n) is 12.0. The second-order valence-electron chi connectivity index (χ2n) is 5.02. The fraction of sp³-hybridized carbons (Fsp3) is 0.167. The summed E-state index contributed by atoms with van der Waals surface area (Å²) in [4.78, 5) is 11.7. The van der Waals surface area contributed by atoms with Crippen molar-refractivity contribution >= 4 is 11.5 Å². The normalized spacial score (nSPS) is 13.4. The van der Waals surface area contributed by atoms with Crippen LogP contribution in [0.3, 0.4) is 0 Å². The summed E-state index contributed by atoms with van der Waals surface area (Å²) in [5.41, 5.74) is 8.82. The molecule has 0 aliphatic carbocycles. The van der Waals surface area contributed by atoms with E-state index in [1.165, 1.54) is 0 Å². The largest absolute Gasteiger partial charge is 0.478 e. The minimum Gasteiger partial charge on any atom is -0.478 e. The summed E-state index contributed by atoms with van der Waals surface area (Å²) >= 11 is 0. The third kappa shape index (κ3) is 3.80. The van der Waals surface area contributed by atoms with E-state index >= 15 is 0 Å². The molecule has 0 bridgehead atoms. The van der Waals surface area contributed by atoms with Gasteiger partial charge in [-0.2, -0.15) is 0 Å². The topological polar surface area (TPSA) is 63.3 Å². The van der Waals surface area contributed by atoms with Gasteiger partial charge in [0, 0.05) is 6.04 Å². The van der Waals surface area contributed by atoms with E-state index in [9.17, 15) is 9.90 Å². The van der Waals surface area contributed by atoms with Gasteiger partial charge >= 0.3 is 5.97 Å². The Morgan fingerprint density at radius 1 is 1.05 bits per heavy atom. The number of carbonyl (C=O) groups is 1. The second-order valence-corrected chi connectivity index (χ2v) is 5.02. The maximum atomic E-state index is 11.7. The van der Waals surface area contributed by atoms with Crippen LogP contribution in [0.2, 0.25) is 0 Å². The van der Waals surface area contributed by atoms with E-state index in [1.807, 2.05) is 55.5 Å². The summed E-state index contributed by atoms with van der Waals surface area (Å²) in [6.45, 7) is 1.82. The fourth-order valence-electron chi connectivity index (χ4n) is 2.34. The highest BCUT2D eigenvalue weighted by molar-refractivity contribution is 6.16. The van der Waals surface area contributed by atoms with Gasteiger partial charge in [-0.1, -0.05) is 60.7 Å². The molecule has 0 fully saturated rings. The molecule has 108 valence electrons. The summed E-state index contributed by atoms with van der Waals surface area (Å²) in [6.07, 6.45) is 0.537. The predicted octanol–water partition coefficient (Wildman–Crippen LogP) is 3.11. The molecule has 2 aromatic rings. The Balaban J connectivity index is 2.51. The standard InChI is InChI=1S/C18H19NO2/c1-13(19)16(12-14-8-4-2-5-9-14)17(18(20)21)15-10-6-3-7-11-15/h2-11,13H,12,19H2,1H3,(H,20,21)/b17-16-.